The lowest BCUT2D eigenvalue weighted by Crippen LogP contribution is -2.23. The standard InChI is InChI=1S/C26H38O3/c1-19(2)26(28)29-16-6-9-23-17-24(14-15-25(23)18-27)22-12-10-21(11-13-22)20-7-4-3-5-8-20/h14-15,17,20-22,27H,1,3-13,16,18H2,2H3. The molecule has 3 heteroatoms. The van der Waals surface area contributed by atoms with Crippen LogP contribution in [0.2, 0.25) is 0 Å². The molecule has 0 saturated heterocycles. The lowest BCUT2D eigenvalue weighted by molar-refractivity contribution is -0.139. The summed E-state index contributed by atoms with van der Waals surface area (Å²) in [5, 5.41) is 9.72. The second kappa shape index (κ2) is 11.0. The molecular formula is C26H38O3. The van der Waals surface area contributed by atoms with E-state index in [9.17, 15) is 9.90 Å². The van der Waals surface area contributed by atoms with Crippen molar-refractivity contribution in [2.24, 2.45) is 11.8 Å². The van der Waals surface area contributed by atoms with Crippen molar-refractivity contribution in [3.8, 4) is 0 Å². The van der Waals surface area contributed by atoms with Gasteiger partial charge in [-0.3, -0.25) is 0 Å². The maximum Gasteiger partial charge on any atom is 0.333 e. The highest BCUT2D eigenvalue weighted by molar-refractivity contribution is 5.86. The average Bonchev–Trinajstić information content (AvgIpc) is 2.77. The Kier molecular flexibility index (Phi) is 8.35. The van der Waals surface area contributed by atoms with E-state index in [1.54, 1.807) is 6.92 Å². The Morgan fingerprint density at radius 2 is 1.72 bits per heavy atom. The highest BCUT2D eigenvalue weighted by atomic mass is 16.5. The number of hydrogen-bond donors (Lipinski definition) is 1. The molecule has 1 N–H and O–H groups in total. The molecule has 0 aromatic heterocycles. The van der Waals surface area contributed by atoms with Crippen molar-refractivity contribution in [1.29, 1.82) is 0 Å². The van der Waals surface area contributed by atoms with Crippen LogP contribution in [0.25, 0.3) is 0 Å². The lowest BCUT2D eigenvalue weighted by Gasteiger charge is -2.36. The predicted octanol–water partition coefficient (Wildman–Crippen LogP) is 6.08. The van der Waals surface area contributed by atoms with Crippen LogP contribution in [-0.2, 0) is 22.6 Å². The van der Waals surface area contributed by atoms with Crippen LogP contribution in [0, 0.1) is 11.8 Å². The van der Waals surface area contributed by atoms with E-state index in [2.05, 4.69) is 24.8 Å². The van der Waals surface area contributed by atoms with Crippen molar-refractivity contribution in [2.75, 3.05) is 6.61 Å². The van der Waals surface area contributed by atoms with Gasteiger partial charge in [-0.05, 0) is 79.9 Å². The first-order valence-electron chi connectivity index (χ1n) is 11.6. The minimum atomic E-state index is -0.323. The van der Waals surface area contributed by atoms with Crippen molar-refractivity contribution >= 4 is 5.97 Å². The minimum absolute atomic E-state index is 0.0651. The molecule has 2 saturated carbocycles. The molecule has 1 aromatic rings. The molecule has 0 aliphatic heterocycles. The third-order valence-corrected chi connectivity index (χ3v) is 7.13. The summed E-state index contributed by atoms with van der Waals surface area (Å²) in [5.74, 6) is 2.27. The largest absolute Gasteiger partial charge is 0.462 e. The normalized spacial score (nSPS) is 23.0. The number of carbonyl (C=O) groups excluding carboxylic acids is 1. The number of hydrogen-bond acceptors (Lipinski definition) is 3. The van der Waals surface area contributed by atoms with Crippen LogP contribution >= 0.6 is 0 Å². The topological polar surface area (TPSA) is 46.5 Å². The zero-order chi connectivity index (χ0) is 20.6. The summed E-state index contributed by atoms with van der Waals surface area (Å²) in [4.78, 5) is 11.5. The predicted molar refractivity (Wildman–Crippen MR) is 118 cm³/mol. The minimum Gasteiger partial charge on any atom is -0.462 e. The molecule has 1 aromatic carbocycles. The fraction of sp³-hybridized carbons (Fsp3) is 0.654. The molecule has 0 atom stereocenters. The Bertz CT molecular complexity index is 679. The van der Waals surface area contributed by atoms with Crippen LogP contribution in [0.5, 0.6) is 0 Å². The van der Waals surface area contributed by atoms with Crippen LogP contribution in [0.3, 0.4) is 0 Å². The van der Waals surface area contributed by atoms with Crippen LogP contribution in [-0.4, -0.2) is 17.7 Å². The summed E-state index contributed by atoms with van der Waals surface area (Å²) in [6, 6.07) is 6.62. The Morgan fingerprint density at radius 3 is 2.38 bits per heavy atom. The van der Waals surface area contributed by atoms with E-state index in [4.69, 9.17) is 4.74 Å². The summed E-state index contributed by atoms with van der Waals surface area (Å²) in [7, 11) is 0. The van der Waals surface area contributed by atoms with Gasteiger partial charge in [0.25, 0.3) is 0 Å². The molecule has 3 rings (SSSR count). The van der Waals surface area contributed by atoms with Crippen LogP contribution in [0.1, 0.15) is 93.7 Å². The molecule has 0 amide bonds. The van der Waals surface area contributed by atoms with Gasteiger partial charge >= 0.3 is 5.97 Å². The van der Waals surface area contributed by atoms with Crippen molar-refractivity contribution in [2.45, 2.75) is 90.1 Å². The van der Waals surface area contributed by atoms with Gasteiger partial charge in [-0.15, -0.1) is 0 Å². The number of aliphatic hydroxyl groups is 1. The lowest BCUT2D eigenvalue weighted by atomic mass is 9.70. The number of aliphatic hydroxyl groups excluding tert-OH is 1. The zero-order valence-electron chi connectivity index (χ0n) is 18.1. The van der Waals surface area contributed by atoms with Gasteiger partial charge < -0.3 is 9.84 Å². The van der Waals surface area contributed by atoms with Gasteiger partial charge in [-0.25, -0.2) is 4.79 Å². The second-order valence-electron chi connectivity index (χ2n) is 9.22. The van der Waals surface area contributed by atoms with Gasteiger partial charge in [0.1, 0.15) is 0 Å². The summed E-state index contributed by atoms with van der Waals surface area (Å²) in [6.45, 7) is 5.74. The van der Waals surface area contributed by atoms with Gasteiger partial charge in [-0.2, -0.15) is 0 Å². The Labute approximate surface area is 176 Å². The van der Waals surface area contributed by atoms with E-state index >= 15 is 0 Å². The second-order valence-corrected chi connectivity index (χ2v) is 9.22. The first-order valence-corrected chi connectivity index (χ1v) is 11.6. The number of rotatable bonds is 8. The molecule has 0 unspecified atom stereocenters. The maximum atomic E-state index is 11.5. The highest BCUT2D eigenvalue weighted by Crippen LogP contribution is 2.43. The Balaban J connectivity index is 1.54. The summed E-state index contributed by atoms with van der Waals surface area (Å²) < 4.78 is 5.21. The fourth-order valence-corrected chi connectivity index (χ4v) is 5.37. The summed E-state index contributed by atoms with van der Waals surface area (Å²) in [5.41, 5.74) is 4.06. The Hall–Kier alpha value is -1.61. The number of carbonyl (C=O) groups is 1. The molecule has 29 heavy (non-hydrogen) atoms. The van der Waals surface area contributed by atoms with Gasteiger partial charge in [0.05, 0.1) is 13.2 Å². The number of benzene rings is 1. The quantitative estimate of drug-likeness (QED) is 0.328. The summed E-state index contributed by atoms with van der Waals surface area (Å²) in [6.07, 6.45) is 14.2. The molecule has 2 aliphatic carbocycles. The SMILES string of the molecule is C=C(C)C(=O)OCCCc1cc(C2CCC(C3CCCCC3)CC2)ccc1CO. The third-order valence-electron chi connectivity index (χ3n) is 7.13. The van der Waals surface area contributed by atoms with E-state index < -0.39 is 0 Å². The number of ether oxygens (including phenoxy) is 1. The summed E-state index contributed by atoms with van der Waals surface area (Å²) >= 11 is 0. The van der Waals surface area contributed by atoms with Gasteiger partial charge in [-0.1, -0.05) is 56.9 Å². The van der Waals surface area contributed by atoms with E-state index in [1.165, 1.54) is 68.9 Å². The van der Waals surface area contributed by atoms with E-state index in [0.717, 1.165) is 30.2 Å². The molecule has 160 valence electrons. The fourth-order valence-electron chi connectivity index (χ4n) is 5.37. The zero-order valence-corrected chi connectivity index (χ0v) is 18.1. The average molecular weight is 399 g/mol. The molecular weight excluding hydrogens is 360 g/mol. The number of esters is 1. The van der Waals surface area contributed by atoms with Crippen molar-refractivity contribution in [3.63, 3.8) is 0 Å². The molecule has 2 fully saturated rings. The molecule has 0 bridgehead atoms. The molecule has 0 radical (unpaired) electrons. The Morgan fingerprint density at radius 1 is 1.03 bits per heavy atom. The van der Waals surface area contributed by atoms with Crippen molar-refractivity contribution in [1.82, 2.24) is 0 Å². The molecule has 0 heterocycles. The van der Waals surface area contributed by atoms with E-state index in [0.29, 0.717) is 18.1 Å². The first kappa shape index (κ1) is 22.1. The van der Waals surface area contributed by atoms with Gasteiger partial charge in [0.15, 0.2) is 0 Å². The van der Waals surface area contributed by atoms with Crippen LogP contribution in [0.15, 0.2) is 30.4 Å². The van der Waals surface area contributed by atoms with E-state index in [-0.39, 0.29) is 12.6 Å². The first-order chi connectivity index (χ1) is 14.1. The smallest absolute Gasteiger partial charge is 0.333 e. The van der Waals surface area contributed by atoms with Crippen LogP contribution < -0.4 is 0 Å². The highest BCUT2D eigenvalue weighted by Gasteiger charge is 2.29. The molecule has 0 spiro atoms. The third kappa shape index (κ3) is 6.18. The van der Waals surface area contributed by atoms with Gasteiger partial charge in [0.2, 0.25) is 0 Å². The van der Waals surface area contributed by atoms with Crippen LogP contribution in [0.4, 0.5) is 0 Å². The molecule has 2 aliphatic rings. The maximum absolute atomic E-state index is 11.5. The molecule has 3 nitrogen and oxygen atoms in total. The van der Waals surface area contributed by atoms with E-state index in [1.807, 2.05) is 0 Å². The van der Waals surface area contributed by atoms with Gasteiger partial charge in [0, 0.05) is 5.57 Å². The van der Waals surface area contributed by atoms with Crippen molar-refractivity contribution in [3.05, 3.63) is 47.0 Å². The number of aryl methyl sites for hydroxylation is 1. The monoisotopic (exact) mass is 398 g/mol. The van der Waals surface area contributed by atoms with Crippen molar-refractivity contribution < 1.29 is 14.6 Å².